The number of nitrogens with zero attached hydrogens (tertiary/aromatic N) is 6. The monoisotopic (exact) mass is 1350 g/mol. The Balaban J connectivity index is 0.791. The average Bonchev–Trinajstić information content (AvgIpc) is 1.23. The lowest BCUT2D eigenvalue weighted by Crippen LogP contribution is -2.06. The molecule has 0 amide bonds. The van der Waals surface area contributed by atoms with Crippen LogP contribution in [0.5, 0.6) is 0 Å². The van der Waals surface area contributed by atoms with Gasteiger partial charge in [0.15, 0.2) is 0 Å². The highest BCUT2D eigenvalue weighted by Gasteiger charge is 2.28. The number of fused-ring (bicyclic) bond motifs is 12. The highest BCUT2D eigenvalue weighted by atomic mass is 15.2. The minimum absolute atomic E-state index is 0.559. The zero-order valence-corrected chi connectivity index (χ0v) is 57.6. The summed E-state index contributed by atoms with van der Waals surface area (Å²) in [6.07, 6.45) is 0. The Hall–Kier alpha value is -14.2. The van der Waals surface area contributed by atoms with Gasteiger partial charge in [-0.1, -0.05) is 267 Å². The van der Waals surface area contributed by atoms with Gasteiger partial charge in [-0.15, -0.1) is 0 Å². The van der Waals surface area contributed by atoms with Gasteiger partial charge in [-0.05, 0) is 188 Å². The molecule has 0 saturated carbocycles. The van der Waals surface area contributed by atoms with E-state index in [1.54, 1.807) is 0 Å². The molecule has 21 aromatic rings. The maximum Gasteiger partial charge on any atom is 0.235 e. The van der Waals surface area contributed by atoms with Gasteiger partial charge >= 0.3 is 0 Å². The normalized spacial score (nSPS) is 11.8. The summed E-state index contributed by atoms with van der Waals surface area (Å²) in [6, 6.07) is 141. The molecule has 6 heteroatoms. The van der Waals surface area contributed by atoms with Gasteiger partial charge in [0.05, 0.1) is 55.5 Å². The van der Waals surface area contributed by atoms with Gasteiger partial charge in [0.1, 0.15) is 0 Å². The molecule has 0 radical (unpaired) electrons. The molecule has 106 heavy (non-hydrogen) atoms. The van der Waals surface area contributed by atoms with Gasteiger partial charge in [0, 0.05) is 71.3 Å². The lowest BCUT2D eigenvalue weighted by atomic mass is 9.80. The number of benzene rings is 16. The van der Waals surface area contributed by atoms with Gasteiger partial charge in [0.2, 0.25) is 5.95 Å². The van der Waals surface area contributed by atoms with E-state index >= 15 is 0 Å². The third-order valence-electron chi connectivity index (χ3n) is 21.6. The van der Waals surface area contributed by atoms with Crippen molar-refractivity contribution in [2.45, 2.75) is 0 Å². The van der Waals surface area contributed by atoms with Gasteiger partial charge in [-0.25, -0.2) is 9.97 Å². The first-order valence-corrected chi connectivity index (χ1v) is 36.3. The average molecular weight is 1350 g/mol. The Kier molecular flexibility index (Phi) is 14.2. The summed E-state index contributed by atoms with van der Waals surface area (Å²) in [6.45, 7) is 0. The van der Waals surface area contributed by atoms with Gasteiger partial charge in [0.25, 0.3) is 0 Å². The number of rotatable bonds is 12. The number of hydrogen-bond acceptors (Lipinski definition) is 2. The molecule has 494 valence electrons. The highest BCUT2D eigenvalue weighted by Crippen LogP contribution is 2.51. The summed E-state index contributed by atoms with van der Waals surface area (Å²) < 4.78 is 9.49. The Morgan fingerprint density at radius 3 is 0.849 bits per heavy atom. The maximum atomic E-state index is 6.06. The van der Waals surface area contributed by atoms with E-state index in [-0.39, 0.29) is 0 Å². The first kappa shape index (κ1) is 60.6. The van der Waals surface area contributed by atoms with E-state index in [4.69, 9.17) is 9.97 Å². The molecule has 0 fully saturated rings. The van der Waals surface area contributed by atoms with Gasteiger partial charge in [-0.2, -0.15) is 0 Å². The van der Waals surface area contributed by atoms with Crippen LogP contribution in [0, 0.1) is 0 Å². The number of para-hydroxylation sites is 6. The Morgan fingerprint density at radius 1 is 0.160 bits per heavy atom. The van der Waals surface area contributed by atoms with Crippen LogP contribution in [-0.4, -0.2) is 28.2 Å². The van der Waals surface area contributed by atoms with Crippen molar-refractivity contribution < 1.29 is 0 Å². The standard InChI is InChI=1S/C100H64N6/c1-7-28-65(29-8-1)81-63-82(66-30-9-2-10-31-66)98(68-34-13-4-14-35-68)99(97(81)67-32-11-3-12-33-67)88-64-87(101-100(102-88)106-92-49-26-22-45-80(92)86-62-72(53-57-96(86)106)70-51-55-94-84(60-70)78-43-20-24-47-90(78)104(94)75-39-17-6-18-40-75)73-36-27-41-76(58-73)105-91-48-25-21-44-79(91)85-61-71(52-56-95(85)105)69-50-54-93-83(59-69)77-42-19-23-46-89(77)103(93)74-37-15-5-16-38-74/h1-64H. The summed E-state index contributed by atoms with van der Waals surface area (Å²) >= 11 is 0. The van der Waals surface area contributed by atoms with Crippen molar-refractivity contribution in [3.05, 3.63) is 388 Å². The van der Waals surface area contributed by atoms with Crippen molar-refractivity contribution in [2.75, 3.05) is 0 Å². The van der Waals surface area contributed by atoms with E-state index in [1.807, 2.05) is 0 Å². The van der Waals surface area contributed by atoms with Crippen LogP contribution in [-0.2, 0) is 0 Å². The molecule has 0 spiro atoms. The zero-order chi connectivity index (χ0) is 69.8. The molecule has 0 bridgehead atoms. The second-order valence-electron chi connectivity index (χ2n) is 27.6. The Morgan fingerprint density at radius 2 is 0.453 bits per heavy atom. The zero-order valence-electron chi connectivity index (χ0n) is 57.6. The summed E-state index contributed by atoms with van der Waals surface area (Å²) in [4.78, 5) is 12.0. The van der Waals surface area contributed by atoms with E-state index in [2.05, 4.69) is 407 Å². The Bertz CT molecular complexity index is 6930. The highest BCUT2D eigenvalue weighted by molar-refractivity contribution is 6.16. The molecule has 0 aliphatic carbocycles. The van der Waals surface area contributed by atoms with E-state index in [0.29, 0.717) is 5.95 Å². The van der Waals surface area contributed by atoms with Crippen molar-refractivity contribution in [1.82, 2.24) is 28.2 Å². The van der Waals surface area contributed by atoms with Crippen LogP contribution in [0.15, 0.2) is 388 Å². The second-order valence-corrected chi connectivity index (χ2v) is 27.6. The topological polar surface area (TPSA) is 45.5 Å². The lowest BCUT2D eigenvalue weighted by Gasteiger charge is -2.24. The third kappa shape index (κ3) is 9.87. The molecule has 21 rings (SSSR count). The smallest absolute Gasteiger partial charge is 0.235 e. The van der Waals surface area contributed by atoms with Crippen molar-refractivity contribution >= 4 is 87.2 Å². The first-order valence-electron chi connectivity index (χ1n) is 36.3. The van der Waals surface area contributed by atoms with Crippen molar-refractivity contribution in [3.63, 3.8) is 0 Å². The molecule has 0 unspecified atom stereocenters. The van der Waals surface area contributed by atoms with Crippen LogP contribution < -0.4 is 0 Å². The van der Waals surface area contributed by atoms with E-state index < -0.39 is 0 Å². The largest absolute Gasteiger partial charge is 0.309 e. The molecular weight excluding hydrogens is 1290 g/mol. The third-order valence-corrected chi connectivity index (χ3v) is 21.6. The second kappa shape index (κ2) is 24.8. The quantitative estimate of drug-likeness (QED) is 0.122. The molecule has 5 aromatic heterocycles. The van der Waals surface area contributed by atoms with Crippen LogP contribution in [0.25, 0.3) is 200 Å². The van der Waals surface area contributed by atoms with Gasteiger partial charge < -0.3 is 13.7 Å². The molecule has 5 heterocycles. The van der Waals surface area contributed by atoms with Crippen molar-refractivity contribution in [3.8, 4) is 112 Å². The first-order chi connectivity index (χ1) is 52.6. The van der Waals surface area contributed by atoms with Crippen LogP contribution in [0.3, 0.4) is 0 Å². The molecular formula is C100H64N6. The van der Waals surface area contributed by atoms with Crippen molar-refractivity contribution in [1.29, 1.82) is 0 Å². The Labute approximate surface area is 612 Å². The van der Waals surface area contributed by atoms with Crippen LogP contribution in [0.1, 0.15) is 0 Å². The summed E-state index contributed by atoms with van der Waals surface area (Å²) in [7, 11) is 0. The molecule has 0 atom stereocenters. The SMILES string of the molecule is c1ccc(-c2cc(-c3ccccc3)c(-c3ccccc3)c(-c3cc(-c4cccc(-n5c6ccccc6c6cc(-c7ccc8c(c7)c7ccccc7n8-c7ccccc7)ccc65)c4)nc(-n4c5ccccc5c5cc(-c6ccc7c(c6)c6ccccc6n7-c6ccccc6)ccc54)n3)c2-c2ccccc2)cc1. The minimum Gasteiger partial charge on any atom is -0.309 e. The fraction of sp³-hybridized carbons (Fsp3) is 0. The predicted octanol–water partition coefficient (Wildman–Crippen LogP) is 26.2. The summed E-state index contributed by atoms with van der Waals surface area (Å²) in [5.74, 6) is 0.559. The van der Waals surface area contributed by atoms with Crippen LogP contribution in [0.2, 0.25) is 0 Å². The van der Waals surface area contributed by atoms with E-state index in [1.165, 1.54) is 59.9 Å². The summed E-state index contributed by atoms with van der Waals surface area (Å²) in [5.41, 5.74) is 29.1. The summed E-state index contributed by atoms with van der Waals surface area (Å²) in [5, 5.41) is 9.45. The minimum atomic E-state index is 0.559. The molecule has 0 saturated heterocycles. The van der Waals surface area contributed by atoms with E-state index in [0.717, 1.165) is 134 Å². The van der Waals surface area contributed by atoms with Crippen LogP contribution >= 0.6 is 0 Å². The van der Waals surface area contributed by atoms with Crippen LogP contribution in [0.4, 0.5) is 0 Å². The number of aromatic nitrogens is 6. The fourth-order valence-electron chi connectivity index (χ4n) is 16.9. The predicted molar refractivity (Wildman–Crippen MR) is 443 cm³/mol. The van der Waals surface area contributed by atoms with Gasteiger partial charge in [-0.3, -0.25) is 4.57 Å². The van der Waals surface area contributed by atoms with E-state index in [9.17, 15) is 0 Å². The molecule has 6 nitrogen and oxygen atoms in total. The van der Waals surface area contributed by atoms with Crippen molar-refractivity contribution in [2.24, 2.45) is 0 Å². The molecule has 0 N–H and O–H groups in total. The molecule has 0 aliphatic rings. The maximum absolute atomic E-state index is 6.06. The molecule has 16 aromatic carbocycles. The number of hydrogen-bond donors (Lipinski definition) is 0. The molecule has 0 aliphatic heterocycles. The fourth-order valence-corrected chi connectivity index (χ4v) is 16.9. The lowest BCUT2D eigenvalue weighted by molar-refractivity contribution is 0.995.